The molecule has 0 aromatic heterocycles. The second-order valence-corrected chi connectivity index (χ2v) is 6.43. The van der Waals surface area contributed by atoms with E-state index in [1.54, 1.807) is 0 Å². The van der Waals surface area contributed by atoms with Crippen LogP contribution >= 0.6 is 0 Å². The molecule has 1 aromatic carbocycles. The number of nitrogens with two attached hydrogens (primary N) is 2. The number of benzene rings is 1. The Hall–Kier alpha value is -1.44. The molecule has 0 fully saturated rings. The van der Waals surface area contributed by atoms with Crippen LogP contribution in [0.4, 0.5) is 11.4 Å². The van der Waals surface area contributed by atoms with E-state index in [9.17, 15) is 0 Å². The fraction of sp³-hybridized carbons (Fsp3) is 0.600. The normalized spacial score (nSPS) is 12.6. The summed E-state index contributed by atoms with van der Waals surface area (Å²) in [6, 6.07) is 2.07. The minimum atomic E-state index is 0.580. The maximum Gasteiger partial charge on any atom is 0.0405 e. The van der Waals surface area contributed by atoms with Gasteiger partial charge in [0.1, 0.15) is 0 Å². The van der Waals surface area contributed by atoms with Crippen LogP contribution in [0.2, 0.25) is 0 Å². The maximum atomic E-state index is 6.41. The third kappa shape index (κ3) is 3.85. The van der Waals surface area contributed by atoms with Crippen molar-refractivity contribution in [1.82, 2.24) is 0 Å². The molecule has 1 atom stereocenters. The molecule has 2 heteroatoms. The van der Waals surface area contributed by atoms with Gasteiger partial charge in [0.15, 0.2) is 0 Å². The van der Waals surface area contributed by atoms with Gasteiger partial charge in [0.05, 0.1) is 0 Å². The van der Waals surface area contributed by atoms with Crippen LogP contribution in [0.25, 0.3) is 0 Å². The largest absolute Gasteiger partial charge is 0.398 e. The Morgan fingerprint density at radius 1 is 1.05 bits per heavy atom. The van der Waals surface area contributed by atoms with Crippen molar-refractivity contribution in [3.63, 3.8) is 0 Å². The molecule has 124 valence electrons. The van der Waals surface area contributed by atoms with Gasteiger partial charge in [0, 0.05) is 11.4 Å². The van der Waals surface area contributed by atoms with Crippen LogP contribution in [0.1, 0.15) is 63.6 Å². The zero-order chi connectivity index (χ0) is 16.9. The van der Waals surface area contributed by atoms with E-state index in [-0.39, 0.29) is 0 Å². The number of hydrogen-bond acceptors (Lipinski definition) is 2. The van der Waals surface area contributed by atoms with Crippen LogP contribution in [0.15, 0.2) is 18.2 Å². The Bertz CT molecular complexity index is 513. The topological polar surface area (TPSA) is 52.0 Å². The second-order valence-electron chi connectivity index (χ2n) is 6.43. The van der Waals surface area contributed by atoms with E-state index in [1.807, 2.05) is 0 Å². The fourth-order valence-corrected chi connectivity index (χ4v) is 3.76. The first-order valence-electron chi connectivity index (χ1n) is 8.74. The number of hydrogen-bond donors (Lipinski definition) is 2. The highest BCUT2D eigenvalue weighted by Gasteiger charge is 2.21. The predicted molar refractivity (Wildman–Crippen MR) is 100 cm³/mol. The van der Waals surface area contributed by atoms with Crippen molar-refractivity contribution >= 4 is 11.4 Å². The van der Waals surface area contributed by atoms with Crippen molar-refractivity contribution < 1.29 is 0 Å². The summed E-state index contributed by atoms with van der Waals surface area (Å²) in [7, 11) is 0. The van der Waals surface area contributed by atoms with Gasteiger partial charge in [-0.15, -0.1) is 0 Å². The molecule has 0 bridgehead atoms. The summed E-state index contributed by atoms with van der Waals surface area (Å²) in [6.45, 7) is 15.4. The van der Waals surface area contributed by atoms with Crippen molar-refractivity contribution in [2.45, 2.75) is 66.7 Å². The first kappa shape index (κ1) is 18.6. The molecule has 1 unspecified atom stereocenters. The molecule has 22 heavy (non-hydrogen) atoms. The number of allylic oxidation sites excluding steroid dienone is 1. The molecule has 2 nitrogen and oxygen atoms in total. The van der Waals surface area contributed by atoms with E-state index < -0.39 is 0 Å². The predicted octanol–water partition coefficient (Wildman–Crippen LogP) is 5.28. The van der Waals surface area contributed by atoms with Crippen LogP contribution in [-0.2, 0) is 12.8 Å². The van der Waals surface area contributed by atoms with Gasteiger partial charge >= 0.3 is 0 Å². The SMILES string of the molecule is C=C(Cc1c(C)cc(N)c(CC)c1N)C(CC)C(CC)CC. The molecule has 0 saturated carbocycles. The average Bonchev–Trinajstić information content (AvgIpc) is 2.48. The molecule has 0 heterocycles. The standard InChI is InChI=1S/C20H34N2/c1-7-15(8-2)16(9-3)13(5)11-18-14(6)12-19(21)17(10-4)20(18)22/h12,15-16H,5,7-11,21-22H2,1-4,6H3. The van der Waals surface area contributed by atoms with Crippen molar-refractivity contribution in [3.8, 4) is 0 Å². The van der Waals surface area contributed by atoms with Crippen LogP contribution in [0.5, 0.6) is 0 Å². The first-order chi connectivity index (χ1) is 10.4. The molecular weight excluding hydrogens is 268 g/mol. The second kappa shape index (κ2) is 8.26. The summed E-state index contributed by atoms with van der Waals surface area (Å²) >= 11 is 0. The molecule has 0 spiro atoms. The zero-order valence-corrected chi connectivity index (χ0v) is 15.1. The highest BCUT2D eigenvalue weighted by Crippen LogP contribution is 2.34. The Kier molecular flexibility index (Phi) is 6.99. The summed E-state index contributed by atoms with van der Waals surface area (Å²) in [6.07, 6.45) is 5.33. The molecule has 1 rings (SSSR count). The van der Waals surface area contributed by atoms with Gasteiger partial charge in [-0.2, -0.15) is 0 Å². The van der Waals surface area contributed by atoms with Gasteiger partial charge in [-0.25, -0.2) is 0 Å². The molecule has 1 aromatic rings. The quantitative estimate of drug-likeness (QED) is 0.507. The summed E-state index contributed by atoms with van der Waals surface area (Å²) in [5.74, 6) is 1.30. The third-order valence-corrected chi connectivity index (χ3v) is 5.19. The van der Waals surface area contributed by atoms with E-state index in [0.29, 0.717) is 5.92 Å². The van der Waals surface area contributed by atoms with Gasteiger partial charge in [0.2, 0.25) is 0 Å². The fourth-order valence-electron chi connectivity index (χ4n) is 3.76. The van der Waals surface area contributed by atoms with Gasteiger partial charge < -0.3 is 11.5 Å². The summed E-state index contributed by atoms with van der Waals surface area (Å²) in [4.78, 5) is 0. The summed E-state index contributed by atoms with van der Waals surface area (Å²) in [5, 5.41) is 0. The number of anilines is 2. The molecule has 0 amide bonds. The number of nitrogen functional groups attached to an aromatic ring is 2. The molecule has 4 N–H and O–H groups in total. The Balaban J connectivity index is 3.11. The smallest absolute Gasteiger partial charge is 0.0405 e. The van der Waals surface area contributed by atoms with Gasteiger partial charge in [-0.05, 0) is 60.8 Å². The van der Waals surface area contributed by atoms with Gasteiger partial charge in [-0.1, -0.05) is 52.7 Å². The number of rotatable bonds is 8. The molecule has 0 radical (unpaired) electrons. The molecule has 0 aliphatic rings. The third-order valence-electron chi connectivity index (χ3n) is 5.19. The zero-order valence-electron chi connectivity index (χ0n) is 15.1. The summed E-state index contributed by atoms with van der Waals surface area (Å²) in [5.41, 5.74) is 19.0. The Morgan fingerprint density at radius 2 is 1.64 bits per heavy atom. The molecule has 0 aliphatic carbocycles. The lowest BCUT2D eigenvalue weighted by atomic mass is 9.78. The minimum absolute atomic E-state index is 0.580. The molecule has 0 saturated heterocycles. The van der Waals surface area contributed by atoms with Crippen molar-refractivity contribution in [1.29, 1.82) is 0 Å². The van der Waals surface area contributed by atoms with Crippen LogP contribution in [0, 0.1) is 18.8 Å². The van der Waals surface area contributed by atoms with Gasteiger partial charge in [-0.3, -0.25) is 0 Å². The molecular formula is C20H34N2. The Labute approximate surface area is 137 Å². The van der Waals surface area contributed by atoms with Crippen molar-refractivity contribution in [2.24, 2.45) is 11.8 Å². The van der Waals surface area contributed by atoms with E-state index >= 15 is 0 Å². The van der Waals surface area contributed by atoms with E-state index in [0.717, 1.165) is 42.1 Å². The monoisotopic (exact) mass is 302 g/mol. The lowest BCUT2D eigenvalue weighted by Crippen LogP contribution is -2.17. The maximum absolute atomic E-state index is 6.41. The highest BCUT2D eigenvalue weighted by atomic mass is 14.6. The van der Waals surface area contributed by atoms with Crippen LogP contribution in [0.3, 0.4) is 0 Å². The van der Waals surface area contributed by atoms with E-state index in [2.05, 4.69) is 47.3 Å². The highest BCUT2D eigenvalue weighted by molar-refractivity contribution is 5.68. The lowest BCUT2D eigenvalue weighted by Gasteiger charge is -2.27. The van der Waals surface area contributed by atoms with Gasteiger partial charge in [0.25, 0.3) is 0 Å². The van der Waals surface area contributed by atoms with Crippen molar-refractivity contribution in [3.05, 3.63) is 34.9 Å². The Morgan fingerprint density at radius 3 is 2.09 bits per heavy atom. The first-order valence-corrected chi connectivity index (χ1v) is 8.74. The summed E-state index contributed by atoms with van der Waals surface area (Å²) < 4.78 is 0. The molecule has 0 aliphatic heterocycles. The van der Waals surface area contributed by atoms with E-state index in [4.69, 9.17) is 11.5 Å². The lowest BCUT2D eigenvalue weighted by molar-refractivity contribution is 0.343. The van der Waals surface area contributed by atoms with Crippen molar-refractivity contribution in [2.75, 3.05) is 11.5 Å². The van der Waals surface area contributed by atoms with Crippen LogP contribution in [-0.4, -0.2) is 0 Å². The number of aryl methyl sites for hydroxylation is 1. The minimum Gasteiger partial charge on any atom is -0.398 e. The van der Waals surface area contributed by atoms with E-state index in [1.165, 1.54) is 29.5 Å². The van der Waals surface area contributed by atoms with Crippen LogP contribution < -0.4 is 11.5 Å². The average molecular weight is 303 g/mol.